The Morgan fingerprint density at radius 3 is 2.40 bits per heavy atom. The fourth-order valence-corrected chi connectivity index (χ4v) is 1.64. The van der Waals surface area contributed by atoms with E-state index in [-0.39, 0.29) is 25.1 Å². The first-order valence-corrected chi connectivity index (χ1v) is 6.50. The largest absolute Gasteiger partial charge is 0.480 e. The molecule has 0 heterocycles. The molecule has 5 nitrogen and oxygen atoms in total. The molecule has 0 bridgehead atoms. The van der Waals surface area contributed by atoms with Crippen molar-refractivity contribution < 1.29 is 24.2 Å². The van der Waals surface area contributed by atoms with Crippen LogP contribution in [0.1, 0.15) is 19.4 Å². The standard InChI is InChI=1S/C15H20O5/c1-11(2)13(9-19-10-14(16)17)15(18)20-8-12-6-4-3-5-7-12/h3-7,11,13H,8-10H2,1-2H3,(H,16,17)/t13-/m0/s1. The summed E-state index contributed by atoms with van der Waals surface area (Å²) in [7, 11) is 0. The van der Waals surface area contributed by atoms with Gasteiger partial charge in [0.15, 0.2) is 0 Å². The van der Waals surface area contributed by atoms with Crippen molar-refractivity contribution >= 4 is 11.9 Å². The lowest BCUT2D eigenvalue weighted by Crippen LogP contribution is -2.28. The lowest BCUT2D eigenvalue weighted by atomic mass is 9.97. The molecule has 1 aromatic rings. The van der Waals surface area contributed by atoms with E-state index in [1.165, 1.54) is 0 Å². The molecule has 1 N–H and O–H groups in total. The molecule has 0 amide bonds. The maximum atomic E-state index is 12.0. The van der Waals surface area contributed by atoms with E-state index >= 15 is 0 Å². The highest BCUT2D eigenvalue weighted by Crippen LogP contribution is 2.14. The predicted molar refractivity (Wildman–Crippen MR) is 73.0 cm³/mol. The molecule has 0 aliphatic carbocycles. The number of esters is 1. The van der Waals surface area contributed by atoms with Crippen molar-refractivity contribution in [2.75, 3.05) is 13.2 Å². The number of ether oxygens (including phenoxy) is 2. The van der Waals surface area contributed by atoms with E-state index in [9.17, 15) is 9.59 Å². The molecule has 110 valence electrons. The molecule has 5 heteroatoms. The van der Waals surface area contributed by atoms with Gasteiger partial charge in [0.25, 0.3) is 0 Å². The number of rotatable bonds is 8. The molecule has 0 aromatic heterocycles. The van der Waals surface area contributed by atoms with Gasteiger partial charge >= 0.3 is 11.9 Å². The Morgan fingerprint density at radius 2 is 1.85 bits per heavy atom. The molecule has 0 saturated heterocycles. The molecule has 0 radical (unpaired) electrons. The van der Waals surface area contributed by atoms with Crippen LogP contribution in [0.25, 0.3) is 0 Å². The number of aliphatic carboxylic acids is 1. The van der Waals surface area contributed by atoms with Crippen LogP contribution in [0.5, 0.6) is 0 Å². The summed E-state index contributed by atoms with van der Waals surface area (Å²) in [6, 6.07) is 9.39. The van der Waals surface area contributed by atoms with Gasteiger partial charge in [-0.05, 0) is 11.5 Å². The van der Waals surface area contributed by atoms with E-state index in [0.29, 0.717) is 0 Å². The van der Waals surface area contributed by atoms with Crippen molar-refractivity contribution in [1.82, 2.24) is 0 Å². The molecule has 1 atom stereocenters. The quantitative estimate of drug-likeness (QED) is 0.738. The van der Waals surface area contributed by atoms with Crippen LogP contribution in [-0.4, -0.2) is 30.3 Å². The van der Waals surface area contributed by atoms with Crippen molar-refractivity contribution in [3.05, 3.63) is 35.9 Å². The van der Waals surface area contributed by atoms with Crippen LogP contribution in [0.2, 0.25) is 0 Å². The van der Waals surface area contributed by atoms with Crippen LogP contribution in [0.4, 0.5) is 0 Å². The number of benzene rings is 1. The first-order chi connectivity index (χ1) is 9.50. The third-order valence-corrected chi connectivity index (χ3v) is 2.85. The number of carboxylic acids is 1. The third-order valence-electron chi connectivity index (χ3n) is 2.85. The minimum atomic E-state index is -1.05. The number of carbonyl (C=O) groups is 2. The minimum absolute atomic E-state index is 0.0204. The lowest BCUT2D eigenvalue weighted by Gasteiger charge is -2.19. The first kappa shape index (κ1) is 16.2. The molecular weight excluding hydrogens is 260 g/mol. The van der Waals surface area contributed by atoms with E-state index in [1.54, 1.807) is 0 Å². The SMILES string of the molecule is CC(C)[C@H](COCC(=O)O)C(=O)OCc1ccccc1. The highest BCUT2D eigenvalue weighted by molar-refractivity contribution is 5.73. The lowest BCUT2D eigenvalue weighted by molar-refractivity contribution is -0.156. The van der Waals surface area contributed by atoms with Gasteiger partial charge in [-0.1, -0.05) is 44.2 Å². The summed E-state index contributed by atoms with van der Waals surface area (Å²) in [6.07, 6.45) is 0. The molecule has 0 saturated carbocycles. The van der Waals surface area contributed by atoms with Crippen LogP contribution in [0, 0.1) is 11.8 Å². The summed E-state index contributed by atoms with van der Waals surface area (Å²) in [5, 5.41) is 8.51. The Morgan fingerprint density at radius 1 is 1.20 bits per heavy atom. The fourth-order valence-electron chi connectivity index (χ4n) is 1.64. The Balaban J connectivity index is 2.45. The van der Waals surface area contributed by atoms with Gasteiger partial charge in [0.1, 0.15) is 13.2 Å². The van der Waals surface area contributed by atoms with E-state index in [1.807, 2.05) is 44.2 Å². The summed E-state index contributed by atoms with van der Waals surface area (Å²) < 4.78 is 10.2. The van der Waals surface area contributed by atoms with Gasteiger partial charge in [-0.3, -0.25) is 4.79 Å². The van der Waals surface area contributed by atoms with E-state index in [4.69, 9.17) is 14.6 Å². The summed E-state index contributed by atoms with van der Waals surface area (Å²) in [5.41, 5.74) is 0.912. The number of carbonyl (C=O) groups excluding carboxylic acids is 1. The van der Waals surface area contributed by atoms with Gasteiger partial charge in [0.2, 0.25) is 0 Å². The molecule has 0 unspecified atom stereocenters. The van der Waals surface area contributed by atoms with Crippen molar-refractivity contribution in [2.24, 2.45) is 11.8 Å². The predicted octanol–water partition coefficient (Wildman–Crippen LogP) is 2.10. The summed E-state index contributed by atoms with van der Waals surface area (Å²) >= 11 is 0. The molecule has 1 rings (SSSR count). The monoisotopic (exact) mass is 280 g/mol. The van der Waals surface area contributed by atoms with Crippen molar-refractivity contribution in [3.8, 4) is 0 Å². The Labute approximate surface area is 118 Å². The molecule has 0 fully saturated rings. The first-order valence-electron chi connectivity index (χ1n) is 6.50. The van der Waals surface area contributed by atoms with Gasteiger partial charge in [-0.2, -0.15) is 0 Å². The zero-order chi connectivity index (χ0) is 15.0. The third kappa shape index (κ3) is 5.84. The number of hydrogen-bond donors (Lipinski definition) is 1. The summed E-state index contributed by atoms with van der Waals surface area (Å²) in [6.45, 7) is 3.60. The van der Waals surface area contributed by atoms with Crippen LogP contribution in [0.3, 0.4) is 0 Å². The molecular formula is C15H20O5. The highest BCUT2D eigenvalue weighted by atomic mass is 16.5. The van der Waals surface area contributed by atoms with Crippen molar-refractivity contribution in [1.29, 1.82) is 0 Å². The number of hydrogen-bond acceptors (Lipinski definition) is 4. The average molecular weight is 280 g/mol. The van der Waals surface area contributed by atoms with Gasteiger partial charge in [-0.25, -0.2) is 4.79 Å². The van der Waals surface area contributed by atoms with E-state index < -0.39 is 18.5 Å². The van der Waals surface area contributed by atoms with Gasteiger partial charge < -0.3 is 14.6 Å². The second kappa shape index (κ2) is 8.32. The molecule has 0 spiro atoms. The van der Waals surface area contributed by atoms with Crippen LogP contribution in [-0.2, 0) is 25.7 Å². The molecule has 0 aliphatic rings. The Hall–Kier alpha value is -1.88. The maximum Gasteiger partial charge on any atom is 0.329 e. The Bertz CT molecular complexity index is 427. The highest BCUT2D eigenvalue weighted by Gasteiger charge is 2.24. The zero-order valence-electron chi connectivity index (χ0n) is 11.7. The molecule has 0 aliphatic heterocycles. The fraction of sp³-hybridized carbons (Fsp3) is 0.467. The average Bonchev–Trinajstić information content (AvgIpc) is 2.41. The van der Waals surface area contributed by atoms with Gasteiger partial charge in [-0.15, -0.1) is 0 Å². The summed E-state index contributed by atoms with van der Waals surface area (Å²) in [4.78, 5) is 22.4. The molecule has 1 aromatic carbocycles. The van der Waals surface area contributed by atoms with Crippen LogP contribution in [0.15, 0.2) is 30.3 Å². The zero-order valence-corrected chi connectivity index (χ0v) is 11.7. The second-order valence-electron chi connectivity index (χ2n) is 4.85. The van der Waals surface area contributed by atoms with E-state index in [0.717, 1.165) is 5.56 Å². The van der Waals surface area contributed by atoms with Crippen molar-refractivity contribution in [2.45, 2.75) is 20.5 Å². The van der Waals surface area contributed by atoms with Crippen molar-refractivity contribution in [3.63, 3.8) is 0 Å². The normalized spacial score (nSPS) is 12.2. The smallest absolute Gasteiger partial charge is 0.329 e. The summed E-state index contributed by atoms with van der Waals surface area (Å²) in [5.74, 6) is -1.86. The van der Waals surface area contributed by atoms with E-state index in [2.05, 4.69) is 0 Å². The Kier molecular flexibility index (Phi) is 6.73. The van der Waals surface area contributed by atoms with Crippen LogP contribution >= 0.6 is 0 Å². The maximum absolute atomic E-state index is 12.0. The second-order valence-corrected chi connectivity index (χ2v) is 4.85. The minimum Gasteiger partial charge on any atom is -0.480 e. The topological polar surface area (TPSA) is 72.8 Å². The van der Waals surface area contributed by atoms with Crippen LogP contribution < -0.4 is 0 Å². The van der Waals surface area contributed by atoms with Gasteiger partial charge in [0.05, 0.1) is 12.5 Å². The number of carboxylic acid groups (broad SMARTS) is 1. The molecule has 20 heavy (non-hydrogen) atoms. The van der Waals surface area contributed by atoms with Gasteiger partial charge in [0, 0.05) is 0 Å².